The molecule has 7 heteroatoms. The van der Waals surface area contributed by atoms with Crippen molar-refractivity contribution in [2.24, 2.45) is 0 Å². The minimum atomic E-state index is -1.09. The Bertz CT molecular complexity index is 434. The lowest BCUT2D eigenvalue weighted by Gasteiger charge is -2.24. The number of ether oxygens (including phenoxy) is 1. The Labute approximate surface area is 124 Å². The van der Waals surface area contributed by atoms with Gasteiger partial charge < -0.3 is 15.4 Å². The van der Waals surface area contributed by atoms with E-state index >= 15 is 0 Å². The van der Waals surface area contributed by atoms with E-state index in [0.717, 1.165) is 30.6 Å². The average Bonchev–Trinajstić information content (AvgIpc) is 2.64. The van der Waals surface area contributed by atoms with Crippen LogP contribution in [0, 0.1) is 0 Å². The number of carbonyl (C=O) groups is 3. The first-order valence-electron chi connectivity index (χ1n) is 7.39. The summed E-state index contributed by atoms with van der Waals surface area (Å²) in [6.07, 6.45) is 5.36. The molecule has 1 atom stereocenters. The lowest BCUT2D eigenvalue weighted by Crippen LogP contribution is -2.49. The van der Waals surface area contributed by atoms with Crippen LogP contribution in [0.15, 0.2) is 0 Å². The predicted octanol–water partition coefficient (Wildman–Crippen LogP) is 0.392. The van der Waals surface area contributed by atoms with Gasteiger partial charge in [0.1, 0.15) is 12.1 Å². The van der Waals surface area contributed by atoms with Crippen molar-refractivity contribution >= 4 is 17.8 Å². The van der Waals surface area contributed by atoms with Crippen LogP contribution < -0.4 is 10.6 Å². The maximum absolute atomic E-state index is 12.2. The van der Waals surface area contributed by atoms with Crippen LogP contribution in [0.5, 0.6) is 0 Å². The molecule has 118 valence electrons. The third kappa shape index (κ3) is 3.53. The highest BCUT2D eigenvalue weighted by Gasteiger charge is 2.48. The van der Waals surface area contributed by atoms with Gasteiger partial charge in [0, 0.05) is 13.2 Å². The molecule has 1 aliphatic carbocycles. The largest absolute Gasteiger partial charge is 0.382 e. The van der Waals surface area contributed by atoms with Crippen LogP contribution in [0.25, 0.3) is 0 Å². The summed E-state index contributed by atoms with van der Waals surface area (Å²) in [5, 5.41) is 5.47. The number of imide groups is 1. The Balaban J connectivity index is 1.91. The van der Waals surface area contributed by atoms with Crippen LogP contribution >= 0.6 is 0 Å². The molecule has 1 heterocycles. The minimum absolute atomic E-state index is 0.0817. The lowest BCUT2D eigenvalue weighted by molar-refractivity contribution is -0.136. The number of methoxy groups -OCH3 is 1. The van der Waals surface area contributed by atoms with Gasteiger partial charge in [-0.15, -0.1) is 0 Å². The fraction of sp³-hybridized carbons (Fsp3) is 0.786. The summed E-state index contributed by atoms with van der Waals surface area (Å²) in [5.74, 6) is -0.708. The van der Waals surface area contributed by atoms with Crippen LogP contribution in [0.2, 0.25) is 0 Å². The van der Waals surface area contributed by atoms with Crippen LogP contribution in [0.1, 0.15) is 39.0 Å². The molecule has 7 nitrogen and oxygen atoms in total. The van der Waals surface area contributed by atoms with E-state index in [1.54, 1.807) is 6.92 Å². The zero-order chi connectivity index (χ0) is 15.5. The first-order chi connectivity index (χ1) is 9.96. The van der Waals surface area contributed by atoms with Gasteiger partial charge in [-0.3, -0.25) is 14.5 Å². The van der Waals surface area contributed by atoms with Crippen molar-refractivity contribution < 1.29 is 19.1 Å². The number of carbonyl (C=O) groups excluding carboxylic acids is 3. The molecule has 0 bridgehead atoms. The number of hydrogen-bond acceptors (Lipinski definition) is 4. The third-order valence-electron chi connectivity index (χ3n) is 4.05. The van der Waals surface area contributed by atoms with Crippen molar-refractivity contribution in [1.29, 1.82) is 0 Å². The number of rotatable bonds is 5. The molecule has 0 spiro atoms. The zero-order valence-electron chi connectivity index (χ0n) is 12.6. The Morgan fingerprint density at radius 2 is 2.05 bits per heavy atom. The molecule has 0 radical (unpaired) electrons. The summed E-state index contributed by atoms with van der Waals surface area (Å²) in [6.45, 7) is 1.44. The Kier molecular flexibility index (Phi) is 4.82. The molecule has 4 amide bonds. The third-order valence-corrected chi connectivity index (χ3v) is 4.05. The van der Waals surface area contributed by atoms with Gasteiger partial charge in [0.15, 0.2) is 0 Å². The van der Waals surface area contributed by atoms with E-state index in [1.807, 2.05) is 0 Å². The molecule has 0 aromatic rings. The molecule has 2 aliphatic rings. The Morgan fingerprint density at radius 1 is 1.38 bits per heavy atom. The first-order valence-corrected chi connectivity index (χ1v) is 7.39. The molecule has 2 rings (SSSR count). The van der Waals surface area contributed by atoms with E-state index in [4.69, 9.17) is 4.74 Å². The van der Waals surface area contributed by atoms with Crippen molar-refractivity contribution in [1.82, 2.24) is 15.5 Å². The van der Waals surface area contributed by atoms with Crippen molar-refractivity contribution in [2.45, 2.75) is 50.6 Å². The molecule has 2 N–H and O–H groups in total. The van der Waals surface area contributed by atoms with E-state index in [2.05, 4.69) is 10.6 Å². The number of nitrogens with zero attached hydrogens (tertiary/aromatic N) is 1. The molecule has 2 fully saturated rings. The monoisotopic (exact) mass is 297 g/mol. The van der Waals surface area contributed by atoms with E-state index in [0.29, 0.717) is 0 Å². The van der Waals surface area contributed by atoms with Gasteiger partial charge in [-0.25, -0.2) is 4.79 Å². The Morgan fingerprint density at radius 3 is 2.67 bits per heavy atom. The van der Waals surface area contributed by atoms with Crippen molar-refractivity contribution in [3.63, 3.8) is 0 Å². The summed E-state index contributed by atoms with van der Waals surface area (Å²) in [5.41, 5.74) is -1.09. The number of urea groups is 1. The van der Waals surface area contributed by atoms with Gasteiger partial charge in [-0.05, 0) is 19.8 Å². The second-order valence-corrected chi connectivity index (χ2v) is 5.99. The molecular formula is C14H23N3O4. The highest BCUT2D eigenvalue weighted by Crippen LogP contribution is 2.19. The fourth-order valence-corrected chi connectivity index (χ4v) is 2.94. The van der Waals surface area contributed by atoms with E-state index in [1.165, 1.54) is 13.5 Å². The molecule has 1 saturated heterocycles. The van der Waals surface area contributed by atoms with Gasteiger partial charge in [-0.1, -0.05) is 19.3 Å². The van der Waals surface area contributed by atoms with Crippen molar-refractivity contribution in [2.75, 3.05) is 20.3 Å². The highest BCUT2D eigenvalue weighted by molar-refractivity contribution is 6.08. The van der Waals surface area contributed by atoms with Crippen LogP contribution in [-0.2, 0) is 14.3 Å². The summed E-state index contributed by atoms with van der Waals surface area (Å²) in [6, 6.07) is -0.379. The number of amides is 4. The molecule has 0 aromatic carbocycles. The van der Waals surface area contributed by atoms with Crippen LogP contribution in [0.3, 0.4) is 0 Å². The second kappa shape index (κ2) is 6.43. The van der Waals surface area contributed by atoms with Gasteiger partial charge >= 0.3 is 6.03 Å². The normalized spacial score (nSPS) is 26.9. The molecule has 0 aromatic heterocycles. The topological polar surface area (TPSA) is 87.7 Å². The zero-order valence-corrected chi connectivity index (χ0v) is 12.6. The summed E-state index contributed by atoms with van der Waals surface area (Å²) in [4.78, 5) is 37.1. The maximum Gasteiger partial charge on any atom is 0.325 e. The molecule has 1 saturated carbocycles. The quantitative estimate of drug-likeness (QED) is 0.719. The van der Waals surface area contributed by atoms with Crippen molar-refractivity contribution in [3.05, 3.63) is 0 Å². The van der Waals surface area contributed by atoms with E-state index in [9.17, 15) is 14.4 Å². The summed E-state index contributed by atoms with van der Waals surface area (Å²) in [7, 11) is 1.46. The highest BCUT2D eigenvalue weighted by atomic mass is 16.5. The average molecular weight is 297 g/mol. The standard InChI is InChI=1S/C14H23N3O4/c1-14(9-21-2)12(19)17(13(20)16-14)8-11(18)15-10-6-4-3-5-7-10/h10H,3-9H2,1-2H3,(H,15,18)(H,16,20). The van der Waals surface area contributed by atoms with Gasteiger partial charge in [0.05, 0.1) is 6.61 Å². The number of nitrogens with one attached hydrogen (secondary N) is 2. The van der Waals surface area contributed by atoms with Crippen LogP contribution in [0.4, 0.5) is 4.79 Å². The molecule has 1 aliphatic heterocycles. The Hall–Kier alpha value is -1.63. The molecule has 1 unspecified atom stereocenters. The lowest BCUT2D eigenvalue weighted by atomic mass is 9.95. The van der Waals surface area contributed by atoms with E-state index < -0.39 is 17.5 Å². The first kappa shape index (κ1) is 15.8. The van der Waals surface area contributed by atoms with Crippen molar-refractivity contribution in [3.8, 4) is 0 Å². The fourth-order valence-electron chi connectivity index (χ4n) is 2.94. The SMILES string of the molecule is COCC1(C)NC(=O)N(CC(=O)NC2CCCCC2)C1=O. The van der Waals surface area contributed by atoms with Gasteiger partial charge in [0.25, 0.3) is 5.91 Å². The van der Waals surface area contributed by atoms with E-state index in [-0.39, 0.29) is 25.1 Å². The second-order valence-electron chi connectivity index (χ2n) is 5.99. The maximum atomic E-state index is 12.2. The van der Waals surface area contributed by atoms with Crippen LogP contribution in [-0.4, -0.2) is 54.6 Å². The molecular weight excluding hydrogens is 274 g/mol. The summed E-state index contributed by atoms with van der Waals surface area (Å²) < 4.78 is 4.96. The predicted molar refractivity (Wildman–Crippen MR) is 75.5 cm³/mol. The van der Waals surface area contributed by atoms with Gasteiger partial charge in [-0.2, -0.15) is 0 Å². The summed E-state index contributed by atoms with van der Waals surface area (Å²) >= 11 is 0. The smallest absolute Gasteiger partial charge is 0.325 e. The molecule has 21 heavy (non-hydrogen) atoms. The van der Waals surface area contributed by atoms with Gasteiger partial charge in [0.2, 0.25) is 5.91 Å². The minimum Gasteiger partial charge on any atom is -0.382 e. The number of hydrogen-bond donors (Lipinski definition) is 2.